The van der Waals surface area contributed by atoms with Gasteiger partial charge in [0.1, 0.15) is 16.9 Å². The number of benzene rings is 2. The summed E-state index contributed by atoms with van der Waals surface area (Å²) in [5.41, 5.74) is -0.457. The first kappa shape index (κ1) is 21.9. The van der Waals surface area contributed by atoms with Crippen LogP contribution >= 0.6 is 23.2 Å². The van der Waals surface area contributed by atoms with Crippen LogP contribution in [0.15, 0.2) is 59.9 Å². The second-order valence-corrected chi connectivity index (χ2v) is 8.10. The molecule has 0 saturated carbocycles. The molecule has 13 heteroatoms. The first-order valence-corrected chi connectivity index (χ1v) is 10.1. The molecule has 0 aliphatic heterocycles. The lowest BCUT2D eigenvalue weighted by atomic mass is 10.3. The van der Waals surface area contributed by atoms with Gasteiger partial charge in [0.05, 0.1) is 15.7 Å². The van der Waals surface area contributed by atoms with Crippen molar-refractivity contribution >= 4 is 39.1 Å². The van der Waals surface area contributed by atoms with Crippen LogP contribution in [0.2, 0.25) is 10.0 Å². The van der Waals surface area contributed by atoms with Crippen LogP contribution < -0.4 is 9.46 Å². The second-order valence-electron chi connectivity index (χ2n) is 5.67. The average molecular weight is 480 g/mol. The van der Waals surface area contributed by atoms with Crippen molar-refractivity contribution in [1.29, 1.82) is 0 Å². The van der Waals surface area contributed by atoms with Gasteiger partial charge in [0.25, 0.3) is 15.9 Å². The maximum absolute atomic E-state index is 12.6. The summed E-state index contributed by atoms with van der Waals surface area (Å²) in [7, 11) is -4.44. The Kier molecular flexibility index (Phi) is 5.97. The molecule has 1 amide bonds. The minimum atomic E-state index is -4.93. The summed E-state index contributed by atoms with van der Waals surface area (Å²) < 4.78 is 69.5. The van der Waals surface area contributed by atoms with E-state index < -0.39 is 32.9 Å². The Morgan fingerprint density at radius 2 is 1.70 bits per heavy atom. The lowest BCUT2D eigenvalue weighted by Gasteiger charge is -2.13. The van der Waals surface area contributed by atoms with Crippen molar-refractivity contribution in [2.24, 2.45) is 0 Å². The predicted molar refractivity (Wildman–Crippen MR) is 101 cm³/mol. The second kappa shape index (κ2) is 8.17. The van der Waals surface area contributed by atoms with Gasteiger partial charge in [-0.1, -0.05) is 41.4 Å². The van der Waals surface area contributed by atoms with E-state index in [1.54, 1.807) is 4.72 Å². The van der Waals surface area contributed by atoms with Gasteiger partial charge in [-0.05, 0) is 24.3 Å². The van der Waals surface area contributed by atoms with E-state index >= 15 is 0 Å². The number of halogens is 5. The minimum absolute atomic E-state index is 0.0709. The Bertz CT molecular complexity index is 1190. The summed E-state index contributed by atoms with van der Waals surface area (Å²) in [6.07, 6.45) is -2.86. The molecule has 0 bridgehead atoms. The molecule has 1 N–H and O–H groups in total. The molecule has 3 aromatic rings. The van der Waals surface area contributed by atoms with Gasteiger partial charge in [-0.25, -0.2) is 18.1 Å². The fourth-order valence-corrected chi connectivity index (χ4v) is 4.52. The molecule has 30 heavy (non-hydrogen) atoms. The molecule has 0 aliphatic rings. The fourth-order valence-electron chi connectivity index (χ4n) is 2.42. The number of sulfonamides is 1. The number of amides is 1. The number of hydrogen-bond donors (Lipinski definition) is 1. The molecule has 0 saturated heterocycles. The van der Waals surface area contributed by atoms with Crippen molar-refractivity contribution in [3.8, 4) is 11.4 Å². The zero-order chi connectivity index (χ0) is 22.1. The van der Waals surface area contributed by atoms with Crippen LogP contribution in [0.5, 0.6) is 5.75 Å². The Balaban J connectivity index is 1.88. The number of para-hydroxylation sites is 2. The third-order valence-electron chi connectivity index (χ3n) is 3.60. The highest BCUT2D eigenvalue weighted by atomic mass is 35.5. The van der Waals surface area contributed by atoms with Crippen LogP contribution in [0.1, 0.15) is 10.5 Å². The highest BCUT2D eigenvalue weighted by Gasteiger charge is 2.32. The quantitative estimate of drug-likeness (QED) is 0.592. The Morgan fingerprint density at radius 1 is 1.07 bits per heavy atom. The number of rotatable bonds is 5. The van der Waals surface area contributed by atoms with Crippen molar-refractivity contribution in [3.05, 3.63) is 70.7 Å². The van der Waals surface area contributed by atoms with Gasteiger partial charge in [0.15, 0.2) is 5.75 Å². The molecule has 0 fully saturated rings. The molecular weight excluding hydrogens is 470 g/mol. The van der Waals surface area contributed by atoms with Crippen molar-refractivity contribution in [2.45, 2.75) is 11.3 Å². The average Bonchev–Trinajstić information content (AvgIpc) is 3.10. The van der Waals surface area contributed by atoms with Gasteiger partial charge in [-0.3, -0.25) is 4.79 Å². The summed E-state index contributed by atoms with van der Waals surface area (Å²) in [5, 5.41) is -0.405. The van der Waals surface area contributed by atoms with Crippen molar-refractivity contribution in [1.82, 2.24) is 14.3 Å². The third-order valence-corrected chi connectivity index (χ3v) is 5.88. The molecular formula is C17H10Cl2F3N3O4S. The van der Waals surface area contributed by atoms with Gasteiger partial charge in [-0.2, -0.15) is 0 Å². The monoisotopic (exact) mass is 479 g/mol. The maximum atomic E-state index is 12.6. The van der Waals surface area contributed by atoms with E-state index in [1.165, 1.54) is 36.4 Å². The smallest absolute Gasteiger partial charge is 0.404 e. The van der Waals surface area contributed by atoms with Crippen molar-refractivity contribution in [2.75, 3.05) is 0 Å². The number of ether oxygens (including phenoxy) is 1. The minimum Gasteiger partial charge on any atom is -0.404 e. The van der Waals surface area contributed by atoms with E-state index in [2.05, 4.69) is 9.72 Å². The maximum Gasteiger partial charge on any atom is 0.573 e. The molecule has 0 aliphatic carbocycles. The molecule has 158 valence electrons. The van der Waals surface area contributed by atoms with E-state index in [-0.39, 0.29) is 21.4 Å². The standard InChI is InChI=1S/C17H10Cl2F3N3O4S/c18-10-4-3-5-11(19)15(10)30(27,28)24-16(26)12-8-25(9-23-12)13-6-1-2-7-14(13)29-17(20,21)22/h1-9H,(H,24,26). The van der Waals surface area contributed by atoms with Crippen molar-refractivity contribution in [3.63, 3.8) is 0 Å². The van der Waals surface area contributed by atoms with E-state index in [9.17, 15) is 26.4 Å². The molecule has 1 heterocycles. The lowest BCUT2D eigenvalue weighted by Crippen LogP contribution is -2.31. The molecule has 0 unspecified atom stereocenters. The van der Waals surface area contributed by atoms with E-state index in [1.807, 2.05) is 0 Å². The van der Waals surface area contributed by atoms with Crippen LogP contribution in [0.25, 0.3) is 5.69 Å². The van der Waals surface area contributed by atoms with Crippen molar-refractivity contribution < 1.29 is 31.1 Å². The summed E-state index contributed by atoms with van der Waals surface area (Å²) in [6.45, 7) is 0. The van der Waals surface area contributed by atoms with Gasteiger partial charge in [-0.15, -0.1) is 13.2 Å². The third kappa shape index (κ3) is 4.86. The number of alkyl halides is 3. The molecule has 0 spiro atoms. The van der Waals surface area contributed by atoms with Crippen LogP contribution in [0, 0.1) is 0 Å². The zero-order valence-corrected chi connectivity index (χ0v) is 16.8. The topological polar surface area (TPSA) is 90.3 Å². The summed E-state index contributed by atoms with van der Waals surface area (Å²) in [6, 6.07) is 9.12. The molecule has 1 aromatic heterocycles. The number of carbonyl (C=O) groups excluding carboxylic acids is 1. The van der Waals surface area contributed by atoms with Gasteiger partial charge >= 0.3 is 6.36 Å². The molecule has 7 nitrogen and oxygen atoms in total. The summed E-state index contributed by atoms with van der Waals surface area (Å²) in [4.78, 5) is 15.6. The summed E-state index contributed by atoms with van der Waals surface area (Å²) in [5.74, 6) is -1.68. The molecule has 0 radical (unpaired) electrons. The first-order valence-electron chi connectivity index (χ1n) is 7.88. The number of carbonyl (C=O) groups is 1. The van der Waals surface area contributed by atoms with Crippen LogP contribution in [0.3, 0.4) is 0 Å². The molecule has 3 rings (SSSR count). The van der Waals surface area contributed by atoms with Crippen LogP contribution in [0.4, 0.5) is 13.2 Å². The fraction of sp³-hybridized carbons (Fsp3) is 0.0588. The SMILES string of the molecule is O=C(NS(=O)(=O)c1c(Cl)cccc1Cl)c1cn(-c2ccccc2OC(F)(F)F)cn1. The van der Waals surface area contributed by atoms with E-state index in [0.29, 0.717) is 0 Å². The number of hydrogen-bond acceptors (Lipinski definition) is 5. The first-order chi connectivity index (χ1) is 14.0. The number of nitrogens with zero attached hydrogens (tertiary/aromatic N) is 2. The van der Waals surface area contributed by atoms with Gasteiger partial charge < -0.3 is 9.30 Å². The lowest BCUT2D eigenvalue weighted by molar-refractivity contribution is -0.274. The Labute approximate surface area is 178 Å². The number of nitrogens with one attached hydrogen (secondary N) is 1. The van der Waals surface area contributed by atoms with Gasteiger partial charge in [0, 0.05) is 6.20 Å². The van der Waals surface area contributed by atoms with E-state index in [0.717, 1.165) is 23.2 Å². The number of imidazole rings is 1. The Morgan fingerprint density at radius 3 is 2.33 bits per heavy atom. The zero-order valence-electron chi connectivity index (χ0n) is 14.5. The normalized spacial score (nSPS) is 11.9. The van der Waals surface area contributed by atoms with Gasteiger partial charge in [0.2, 0.25) is 0 Å². The van der Waals surface area contributed by atoms with E-state index in [4.69, 9.17) is 23.2 Å². The highest BCUT2D eigenvalue weighted by Crippen LogP contribution is 2.30. The number of aromatic nitrogens is 2. The largest absolute Gasteiger partial charge is 0.573 e. The Hall–Kier alpha value is -2.76. The highest BCUT2D eigenvalue weighted by molar-refractivity contribution is 7.90. The predicted octanol–water partition coefficient (Wildman–Crippen LogP) is 4.20. The van der Waals surface area contributed by atoms with Crippen LogP contribution in [-0.2, 0) is 10.0 Å². The summed E-state index contributed by atoms with van der Waals surface area (Å²) >= 11 is 11.7. The van der Waals surface area contributed by atoms with Crippen LogP contribution in [-0.4, -0.2) is 30.2 Å². The molecule has 0 atom stereocenters. The molecule has 2 aromatic carbocycles.